The van der Waals surface area contributed by atoms with Crippen LogP contribution >= 0.6 is 23.4 Å². The van der Waals surface area contributed by atoms with Gasteiger partial charge in [-0.05, 0) is 31.0 Å². The first-order chi connectivity index (χ1) is 10.8. The summed E-state index contributed by atoms with van der Waals surface area (Å²) >= 11 is 7.32. The van der Waals surface area contributed by atoms with Gasteiger partial charge in [-0.2, -0.15) is 0 Å². The molecular weight excluding hydrogens is 324 g/mol. The highest BCUT2D eigenvalue weighted by molar-refractivity contribution is 7.98. The zero-order chi connectivity index (χ0) is 14.9. The van der Waals surface area contributed by atoms with E-state index in [0.29, 0.717) is 33.7 Å². The van der Waals surface area contributed by atoms with Crippen molar-refractivity contribution in [3.63, 3.8) is 0 Å². The number of halogens is 1. The highest BCUT2D eigenvalue weighted by atomic mass is 35.5. The third-order valence-electron chi connectivity index (χ3n) is 3.21. The van der Waals surface area contributed by atoms with Gasteiger partial charge in [-0.3, -0.25) is 0 Å². The van der Waals surface area contributed by atoms with E-state index in [1.807, 2.05) is 12.1 Å². The summed E-state index contributed by atoms with van der Waals surface area (Å²) in [4.78, 5) is 0. The number of benzene rings is 1. The molecule has 2 aromatic heterocycles. The maximum Gasteiger partial charge on any atom is 0.277 e. The number of aromatic nitrogens is 4. The second kappa shape index (κ2) is 5.73. The van der Waals surface area contributed by atoms with Gasteiger partial charge in [0.1, 0.15) is 0 Å². The molecule has 4 rings (SSSR count). The second-order valence-electron chi connectivity index (χ2n) is 4.98. The van der Waals surface area contributed by atoms with E-state index < -0.39 is 0 Å². The van der Waals surface area contributed by atoms with Crippen molar-refractivity contribution in [2.24, 2.45) is 0 Å². The topological polar surface area (TPSA) is 77.8 Å². The van der Waals surface area contributed by atoms with Crippen LogP contribution in [0.1, 0.15) is 30.5 Å². The van der Waals surface area contributed by atoms with E-state index in [9.17, 15) is 0 Å². The van der Waals surface area contributed by atoms with Crippen molar-refractivity contribution < 1.29 is 8.83 Å². The number of rotatable bonds is 5. The van der Waals surface area contributed by atoms with Gasteiger partial charge < -0.3 is 8.83 Å². The minimum Gasteiger partial charge on any atom is -0.424 e. The molecule has 0 radical (unpaired) electrons. The lowest BCUT2D eigenvalue weighted by Gasteiger charge is -1.94. The van der Waals surface area contributed by atoms with Crippen LogP contribution in [0.3, 0.4) is 0 Å². The molecule has 2 heterocycles. The summed E-state index contributed by atoms with van der Waals surface area (Å²) in [5, 5.41) is 17.2. The molecule has 0 atom stereocenters. The second-order valence-corrected chi connectivity index (χ2v) is 6.34. The number of hydrogen-bond acceptors (Lipinski definition) is 7. The largest absolute Gasteiger partial charge is 0.424 e. The third-order valence-corrected chi connectivity index (χ3v) is 4.24. The lowest BCUT2D eigenvalue weighted by molar-refractivity contribution is 0.457. The molecule has 0 N–H and O–H groups in total. The van der Waals surface area contributed by atoms with E-state index in [0.717, 1.165) is 24.3 Å². The molecule has 0 unspecified atom stereocenters. The highest BCUT2D eigenvalue weighted by Gasteiger charge is 2.29. The zero-order valence-electron chi connectivity index (χ0n) is 11.4. The van der Waals surface area contributed by atoms with Crippen molar-refractivity contribution in [2.45, 2.75) is 29.7 Å². The first kappa shape index (κ1) is 13.8. The van der Waals surface area contributed by atoms with Crippen molar-refractivity contribution in [3.8, 4) is 11.5 Å². The Morgan fingerprint density at radius 3 is 2.86 bits per heavy atom. The molecule has 1 aromatic carbocycles. The van der Waals surface area contributed by atoms with Crippen LogP contribution in [0.5, 0.6) is 0 Å². The fraction of sp³-hybridized carbons (Fsp3) is 0.286. The summed E-state index contributed by atoms with van der Waals surface area (Å²) in [6.45, 7) is 0. The fourth-order valence-electron chi connectivity index (χ4n) is 1.95. The van der Waals surface area contributed by atoms with Crippen LogP contribution in [-0.4, -0.2) is 20.4 Å². The van der Waals surface area contributed by atoms with Gasteiger partial charge in [0.2, 0.25) is 17.7 Å². The van der Waals surface area contributed by atoms with E-state index in [1.54, 1.807) is 12.1 Å². The molecule has 0 amide bonds. The highest BCUT2D eigenvalue weighted by Crippen LogP contribution is 2.39. The maximum absolute atomic E-state index is 5.95. The molecule has 0 saturated heterocycles. The Bertz CT molecular complexity index is 800. The van der Waals surface area contributed by atoms with Gasteiger partial charge in [0.25, 0.3) is 5.22 Å². The normalized spacial score (nSPS) is 14.4. The van der Waals surface area contributed by atoms with Crippen LogP contribution < -0.4 is 0 Å². The number of hydrogen-bond donors (Lipinski definition) is 0. The molecule has 1 aliphatic rings. The number of thioether (sulfide) groups is 1. The van der Waals surface area contributed by atoms with Crippen molar-refractivity contribution in [2.75, 3.05) is 0 Å². The predicted octanol–water partition coefficient (Wildman–Crippen LogP) is 3.94. The Hall–Kier alpha value is -1.86. The van der Waals surface area contributed by atoms with Gasteiger partial charge in [-0.15, -0.1) is 20.4 Å². The van der Waals surface area contributed by atoms with Gasteiger partial charge in [0.05, 0.1) is 5.75 Å². The van der Waals surface area contributed by atoms with Crippen LogP contribution in [0.15, 0.2) is 38.3 Å². The van der Waals surface area contributed by atoms with Crippen LogP contribution in [0.4, 0.5) is 0 Å². The molecule has 3 aromatic rings. The zero-order valence-corrected chi connectivity index (χ0v) is 13.0. The average molecular weight is 335 g/mol. The summed E-state index contributed by atoms with van der Waals surface area (Å²) in [6.07, 6.45) is 2.28. The van der Waals surface area contributed by atoms with Gasteiger partial charge >= 0.3 is 0 Å². The Labute approximate surface area is 135 Å². The molecule has 0 bridgehead atoms. The molecule has 6 nitrogen and oxygen atoms in total. The van der Waals surface area contributed by atoms with Crippen LogP contribution in [0, 0.1) is 0 Å². The SMILES string of the molecule is Clc1cccc(-c2nnc(SCc3nnc(C4CC4)o3)o2)c1. The van der Waals surface area contributed by atoms with Gasteiger partial charge in [0, 0.05) is 16.5 Å². The van der Waals surface area contributed by atoms with Crippen LogP contribution in [-0.2, 0) is 5.75 Å². The number of nitrogens with zero attached hydrogens (tertiary/aromatic N) is 4. The molecule has 0 aliphatic heterocycles. The van der Waals surface area contributed by atoms with Crippen LogP contribution in [0.25, 0.3) is 11.5 Å². The Balaban J connectivity index is 1.42. The summed E-state index contributed by atoms with van der Waals surface area (Å²) in [5.74, 6) is 2.73. The molecule has 22 heavy (non-hydrogen) atoms. The average Bonchev–Trinajstić information content (AvgIpc) is 3.09. The molecular formula is C14H11ClN4O2S. The lowest BCUT2D eigenvalue weighted by atomic mass is 10.2. The first-order valence-corrected chi connectivity index (χ1v) is 8.19. The summed E-state index contributed by atoms with van der Waals surface area (Å²) in [7, 11) is 0. The standard InChI is InChI=1S/C14H11ClN4O2S/c15-10-3-1-2-9(6-10)13-18-19-14(21-13)22-7-11-16-17-12(20-11)8-4-5-8/h1-3,6,8H,4-5,7H2. The smallest absolute Gasteiger partial charge is 0.277 e. The molecule has 112 valence electrons. The van der Waals surface area contributed by atoms with E-state index in [4.69, 9.17) is 20.4 Å². The van der Waals surface area contributed by atoms with Crippen molar-refractivity contribution in [3.05, 3.63) is 41.1 Å². The molecule has 1 fully saturated rings. The van der Waals surface area contributed by atoms with Crippen molar-refractivity contribution in [1.29, 1.82) is 0 Å². The quantitative estimate of drug-likeness (QED) is 0.654. The predicted molar refractivity (Wildman–Crippen MR) is 80.6 cm³/mol. The van der Waals surface area contributed by atoms with E-state index in [2.05, 4.69) is 20.4 Å². The third kappa shape index (κ3) is 3.00. The minimum atomic E-state index is 0.439. The van der Waals surface area contributed by atoms with E-state index >= 15 is 0 Å². The van der Waals surface area contributed by atoms with Gasteiger partial charge in [0.15, 0.2) is 0 Å². The summed E-state index contributed by atoms with van der Waals surface area (Å²) in [5.41, 5.74) is 0.792. The van der Waals surface area contributed by atoms with Gasteiger partial charge in [-0.1, -0.05) is 29.4 Å². The van der Waals surface area contributed by atoms with Crippen molar-refractivity contribution in [1.82, 2.24) is 20.4 Å². The van der Waals surface area contributed by atoms with E-state index in [-0.39, 0.29) is 0 Å². The van der Waals surface area contributed by atoms with Gasteiger partial charge in [-0.25, -0.2) is 0 Å². The Morgan fingerprint density at radius 1 is 1.14 bits per heavy atom. The first-order valence-electron chi connectivity index (χ1n) is 6.82. The summed E-state index contributed by atoms with van der Waals surface area (Å²) in [6, 6.07) is 7.29. The maximum atomic E-state index is 5.95. The molecule has 8 heteroatoms. The van der Waals surface area contributed by atoms with Crippen molar-refractivity contribution >= 4 is 23.4 Å². The Morgan fingerprint density at radius 2 is 2.05 bits per heavy atom. The fourth-order valence-corrected chi connectivity index (χ4v) is 2.74. The van der Waals surface area contributed by atoms with Crippen LogP contribution in [0.2, 0.25) is 5.02 Å². The van der Waals surface area contributed by atoms with E-state index in [1.165, 1.54) is 11.8 Å². The molecule has 1 aliphatic carbocycles. The minimum absolute atomic E-state index is 0.439. The molecule has 1 saturated carbocycles. The summed E-state index contributed by atoms with van der Waals surface area (Å²) < 4.78 is 11.2. The Kier molecular flexibility index (Phi) is 3.59. The lowest BCUT2D eigenvalue weighted by Crippen LogP contribution is -1.80. The molecule has 0 spiro atoms. The monoisotopic (exact) mass is 334 g/mol.